The van der Waals surface area contributed by atoms with Gasteiger partial charge in [-0.2, -0.15) is 0 Å². The number of aromatic nitrogens is 2. The normalized spacial score (nSPS) is 16.4. The molecule has 0 bridgehead atoms. The summed E-state index contributed by atoms with van der Waals surface area (Å²) in [5, 5.41) is 3.41. The number of nitrogens with zero attached hydrogens (tertiary/aromatic N) is 2. The van der Waals surface area contributed by atoms with Gasteiger partial charge in [-0.25, -0.2) is 9.97 Å². The Morgan fingerprint density at radius 1 is 1.24 bits per heavy atom. The minimum absolute atomic E-state index is 0.438. The molecule has 21 heavy (non-hydrogen) atoms. The molecule has 2 rings (SSSR count). The van der Waals surface area contributed by atoms with Crippen LogP contribution in [-0.4, -0.2) is 23.1 Å². The van der Waals surface area contributed by atoms with E-state index in [2.05, 4.69) is 23.3 Å². The first-order valence-electron chi connectivity index (χ1n) is 8.34. The van der Waals surface area contributed by atoms with Gasteiger partial charge in [0.15, 0.2) is 5.82 Å². The maximum absolute atomic E-state index is 5.84. The van der Waals surface area contributed by atoms with E-state index in [1.165, 1.54) is 31.4 Å². The van der Waals surface area contributed by atoms with Crippen molar-refractivity contribution in [3.05, 3.63) is 17.6 Å². The minimum Gasteiger partial charge on any atom is -0.370 e. The molecule has 4 heteroatoms. The number of anilines is 1. The van der Waals surface area contributed by atoms with E-state index in [1.807, 2.05) is 20.8 Å². The van der Waals surface area contributed by atoms with E-state index in [0.29, 0.717) is 12.5 Å². The Labute approximate surface area is 128 Å². The summed E-state index contributed by atoms with van der Waals surface area (Å²) in [6.07, 6.45) is 6.22. The molecule has 1 aromatic rings. The average Bonchev–Trinajstić information content (AvgIpc) is 2.99. The third kappa shape index (κ3) is 4.16. The van der Waals surface area contributed by atoms with E-state index in [1.54, 1.807) is 0 Å². The second-order valence-electron chi connectivity index (χ2n) is 6.35. The zero-order valence-corrected chi connectivity index (χ0v) is 13.9. The Bertz CT molecular complexity index is 453. The van der Waals surface area contributed by atoms with Crippen molar-refractivity contribution in [2.24, 2.45) is 0 Å². The molecule has 0 unspecified atom stereocenters. The quantitative estimate of drug-likeness (QED) is 0.816. The molecule has 1 heterocycles. The predicted molar refractivity (Wildman–Crippen MR) is 86.7 cm³/mol. The van der Waals surface area contributed by atoms with E-state index in [9.17, 15) is 0 Å². The maximum atomic E-state index is 5.84. The van der Waals surface area contributed by atoms with Crippen LogP contribution >= 0.6 is 0 Å². The molecule has 0 aliphatic heterocycles. The van der Waals surface area contributed by atoms with Crippen molar-refractivity contribution < 1.29 is 4.74 Å². The van der Waals surface area contributed by atoms with Gasteiger partial charge in [-0.05, 0) is 40.0 Å². The molecular formula is C17H29N3O. The van der Waals surface area contributed by atoms with Gasteiger partial charge in [-0.1, -0.05) is 19.8 Å². The van der Waals surface area contributed by atoms with Gasteiger partial charge in [0, 0.05) is 30.8 Å². The molecule has 1 aliphatic rings. The van der Waals surface area contributed by atoms with Crippen molar-refractivity contribution in [3.8, 4) is 0 Å². The zero-order chi connectivity index (χ0) is 15.3. The first-order chi connectivity index (χ1) is 10.1. The van der Waals surface area contributed by atoms with Gasteiger partial charge in [-0.3, -0.25) is 0 Å². The molecule has 1 aromatic heterocycles. The highest BCUT2D eigenvalue weighted by Gasteiger charge is 2.27. The average molecular weight is 291 g/mol. The number of rotatable bonds is 7. The fourth-order valence-corrected chi connectivity index (χ4v) is 2.93. The Balaban J connectivity index is 2.31. The fraction of sp³-hybridized carbons (Fsp3) is 0.765. The number of ether oxygens (including phenoxy) is 1. The van der Waals surface area contributed by atoms with E-state index < -0.39 is 5.60 Å². The third-order valence-electron chi connectivity index (χ3n) is 4.12. The van der Waals surface area contributed by atoms with Gasteiger partial charge < -0.3 is 10.1 Å². The van der Waals surface area contributed by atoms with Crippen molar-refractivity contribution in [2.45, 2.75) is 71.3 Å². The van der Waals surface area contributed by atoms with Crippen LogP contribution in [0.15, 0.2) is 6.07 Å². The molecule has 0 amide bonds. The maximum Gasteiger partial charge on any atom is 0.162 e. The smallest absolute Gasteiger partial charge is 0.162 e. The lowest BCUT2D eigenvalue weighted by molar-refractivity contribution is -0.0209. The van der Waals surface area contributed by atoms with Gasteiger partial charge in [0.1, 0.15) is 11.4 Å². The molecule has 4 nitrogen and oxygen atoms in total. The Morgan fingerprint density at radius 3 is 2.57 bits per heavy atom. The van der Waals surface area contributed by atoms with Crippen LogP contribution in [0.25, 0.3) is 0 Å². The van der Waals surface area contributed by atoms with E-state index in [0.717, 1.165) is 24.6 Å². The first-order valence-corrected chi connectivity index (χ1v) is 8.34. The Kier molecular flexibility index (Phi) is 5.57. The SMILES string of the molecule is CCCNc1cc(C2CCCC2)nc(C(C)(C)OCC)n1. The van der Waals surface area contributed by atoms with Crippen LogP contribution in [0.5, 0.6) is 0 Å². The first kappa shape index (κ1) is 16.2. The van der Waals surface area contributed by atoms with Crippen LogP contribution < -0.4 is 5.32 Å². The zero-order valence-electron chi connectivity index (χ0n) is 13.9. The molecule has 1 aliphatic carbocycles. The number of nitrogens with one attached hydrogen (secondary N) is 1. The lowest BCUT2D eigenvalue weighted by Gasteiger charge is -2.25. The summed E-state index contributed by atoms with van der Waals surface area (Å²) in [5.74, 6) is 2.33. The van der Waals surface area contributed by atoms with E-state index in [-0.39, 0.29) is 0 Å². The van der Waals surface area contributed by atoms with Gasteiger partial charge in [0.05, 0.1) is 0 Å². The second kappa shape index (κ2) is 7.21. The molecular weight excluding hydrogens is 262 g/mol. The third-order valence-corrected chi connectivity index (χ3v) is 4.12. The molecule has 0 saturated heterocycles. The molecule has 0 aromatic carbocycles. The monoisotopic (exact) mass is 291 g/mol. The second-order valence-corrected chi connectivity index (χ2v) is 6.35. The van der Waals surface area contributed by atoms with E-state index in [4.69, 9.17) is 9.72 Å². The highest BCUT2D eigenvalue weighted by atomic mass is 16.5. The molecule has 0 atom stereocenters. The lowest BCUT2D eigenvalue weighted by atomic mass is 10.0. The van der Waals surface area contributed by atoms with Crippen LogP contribution in [0.1, 0.15) is 77.2 Å². The van der Waals surface area contributed by atoms with Crippen molar-refractivity contribution in [3.63, 3.8) is 0 Å². The topological polar surface area (TPSA) is 47.0 Å². The van der Waals surface area contributed by atoms with Crippen molar-refractivity contribution >= 4 is 5.82 Å². The summed E-state index contributed by atoms with van der Waals surface area (Å²) in [4.78, 5) is 9.52. The molecule has 0 spiro atoms. The largest absolute Gasteiger partial charge is 0.370 e. The fourth-order valence-electron chi connectivity index (χ4n) is 2.93. The van der Waals surface area contributed by atoms with Gasteiger partial charge in [0.2, 0.25) is 0 Å². The van der Waals surface area contributed by atoms with Crippen LogP contribution in [-0.2, 0) is 10.3 Å². The van der Waals surface area contributed by atoms with Crippen molar-refractivity contribution in [2.75, 3.05) is 18.5 Å². The van der Waals surface area contributed by atoms with E-state index >= 15 is 0 Å². The Morgan fingerprint density at radius 2 is 1.95 bits per heavy atom. The van der Waals surface area contributed by atoms with Crippen molar-refractivity contribution in [1.29, 1.82) is 0 Å². The highest BCUT2D eigenvalue weighted by Crippen LogP contribution is 2.35. The van der Waals surface area contributed by atoms with Crippen LogP contribution in [0.4, 0.5) is 5.82 Å². The molecule has 0 radical (unpaired) electrons. The Hall–Kier alpha value is -1.16. The van der Waals surface area contributed by atoms with Gasteiger partial charge >= 0.3 is 0 Å². The summed E-state index contributed by atoms with van der Waals surface area (Å²) in [5.41, 5.74) is 0.746. The summed E-state index contributed by atoms with van der Waals surface area (Å²) >= 11 is 0. The van der Waals surface area contributed by atoms with Crippen molar-refractivity contribution in [1.82, 2.24) is 9.97 Å². The minimum atomic E-state index is -0.438. The van der Waals surface area contributed by atoms with Crippen LogP contribution in [0, 0.1) is 0 Å². The summed E-state index contributed by atoms with van der Waals surface area (Å²) in [6, 6.07) is 2.14. The highest BCUT2D eigenvalue weighted by molar-refractivity contribution is 5.38. The van der Waals surface area contributed by atoms with Gasteiger partial charge in [-0.15, -0.1) is 0 Å². The number of hydrogen-bond acceptors (Lipinski definition) is 4. The van der Waals surface area contributed by atoms with Crippen LogP contribution in [0.2, 0.25) is 0 Å². The molecule has 1 saturated carbocycles. The van der Waals surface area contributed by atoms with Gasteiger partial charge in [0.25, 0.3) is 0 Å². The predicted octanol–water partition coefficient (Wildman–Crippen LogP) is 4.23. The summed E-state index contributed by atoms with van der Waals surface area (Å²) in [7, 11) is 0. The lowest BCUT2D eigenvalue weighted by Crippen LogP contribution is -2.26. The molecule has 1 N–H and O–H groups in total. The standard InChI is InChI=1S/C17H29N3O/c1-5-11-18-15-12-14(13-9-7-8-10-13)19-16(20-15)17(3,4)21-6-2/h12-13H,5-11H2,1-4H3,(H,18,19,20). The van der Waals surface area contributed by atoms with Crippen LogP contribution in [0.3, 0.4) is 0 Å². The summed E-state index contributed by atoms with van der Waals surface area (Å²) in [6.45, 7) is 9.88. The molecule has 1 fully saturated rings. The molecule has 118 valence electrons. The summed E-state index contributed by atoms with van der Waals surface area (Å²) < 4.78 is 5.84. The number of hydrogen-bond donors (Lipinski definition) is 1.